The Balaban J connectivity index is 1.78. The smallest absolute Gasteiger partial charge is 0.286 e. The van der Waals surface area contributed by atoms with Crippen molar-refractivity contribution < 1.29 is 9.45 Å². The standard InChI is InChI=1S/C12H8ClN3O3S/c13-12-2-1-11(20-12)10-5-8(14-19-10)6-15-4-3-9(7-15)16(17)18/h1-5,7H,6H2. The van der Waals surface area contributed by atoms with Crippen molar-refractivity contribution in [3.63, 3.8) is 0 Å². The monoisotopic (exact) mass is 309 g/mol. The van der Waals surface area contributed by atoms with Gasteiger partial charge in [0.25, 0.3) is 5.69 Å². The van der Waals surface area contributed by atoms with Crippen molar-refractivity contribution in [2.75, 3.05) is 0 Å². The van der Waals surface area contributed by atoms with Crippen molar-refractivity contribution >= 4 is 28.6 Å². The molecular formula is C12H8ClN3O3S. The van der Waals surface area contributed by atoms with Crippen LogP contribution in [0.15, 0.2) is 41.2 Å². The maximum absolute atomic E-state index is 10.6. The van der Waals surface area contributed by atoms with Gasteiger partial charge in [0.2, 0.25) is 0 Å². The van der Waals surface area contributed by atoms with Crippen LogP contribution in [0.25, 0.3) is 10.6 Å². The summed E-state index contributed by atoms with van der Waals surface area (Å²) in [6.07, 6.45) is 3.09. The molecule has 20 heavy (non-hydrogen) atoms. The normalized spacial score (nSPS) is 10.8. The molecular weight excluding hydrogens is 302 g/mol. The van der Waals surface area contributed by atoms with E-state index in [4.69, 9.17) is 16.1 Å². The molecule has 0 aliphatic heterocycles. The van der Waals surface area contributed by atoms with Crippen LogP contribution in [0.5, 0.6) is 0 Å². The van der Waals surface area contributed by atoms with Gasteiger partial charge in [0.05, 0.1) is 26.9 Å². The number of thiophene rings is 1. The Morgan fingerprint density at radius 1 is 1.45 bits per heavy atom. The summed E-state index contributed by atoms with van der Waals surface area (Å²) < 4.78 is 7.61. The van der Waals surface area contributed by atoms with Crippen LogP contribution in [0.3, 0.4) is 0 Å². The molecule has 0 aliphatic rings. The molecule has 3 aromatic rings. The molecule has 3 heterocycles. The van der Waals surface area contributed by atoms with E-state index >= 15 is 0 Å². The minimum absolute atomic E-state index is 0.0544. The van der Waals surface area contributed by atoms with Crippen LogP contribution in [0, 0.1) is 10.1 Å². The molecule has 6 nitrogen and oxygen atoms in total. The van der Waals surface area contributed by atoms with Gasteiger partial charge in [-0.05, 0) is 12.1 Å². The average molecular weight is 310 g/mol. The van der Waals surface area contributed by atoms with Crippen LogP contribution in [-0.4, -0.2) is 14.6 Å². The second-order valence-electron chi connectivity index (χ2n) is 4.09. The van der Waals surface area contributed by atoms with Gasteiger partial charge in [-0.2, -0.15) is 0 Å². The Kier molecular flexibility index (Phi) is 3.29. The number of halogens is 1. The van der Waals surface area contributed by atoms with Gasteiger partial charge in [-0.25, -0.2) is 0 Å². The van der Waals surface area contributed by atoms with Crippen LogP contribution < -0.4 is 0 Å². The fourth-order valence-electron chi connectivity index (χ4n) is 1.77. The van der Waals surface area contributed by atoms with Gasteiger partial charge >= 0.3 is 0 Å². The predicted octanol–water partition coefficient (Wildman–Crippen LogP) is 3.81. The molecule has 0 aromatic carbocycles. The first-order valence-corrected chi connectivity index (χ1v) is 6.83. The molecule has 0 spiro atoms. The van der Waals surface area contributed by atoms with Gasteiger partial charge < -0.3 is 9.09 Å². The van der Waals surface area contributed by atoms with Crippen molar-refractivity contribution in [3.05, 3.63) is 56.8 Å². The van der Waals surface area contributed by atoms with Gasteiger partial charge in [-0.1, -0.05) is 16.8 Å². The van der Waals surface area contributed by atoms with E-state index < -0.39 is 4.92 Å². The Morgan fingerprint density at radius 3 is 2.95 bits per heavy atom. The third-order valence-electron chi connectivity index (χ3n) is 2.67. The van der Waals surface area contributed by atoms with E-state index in [2.05, 4.69) is 5.16 Å². The van der Waals surface area contributed by atoms with Crippen molar-refractivity contribution in [2.45, 2.75) is 6.54 Å². The number of aromatic nitrogens is 2. The number of rotatable bonds is 4. The van der Waals surface area contributed by atoms with E-state index in [-0.39, 0.29) is 5.69 Å². The Morgan fingerprint density at radius 2 is 2.30 bits per heavy atom. The van der Waals surface area contributed by atoms with Crippen LogP contribution in [0.2, 0.25) is 4.34 Å². The number of hydrogen-bond acceptors (Lipinski definition) is 5. The van der Waals surface area contributed by atoms with Gasteiger partial charge in [0, 0.05) is 18.3 Å². The highest BCUT2D eigenvalue weighted by Crippen LogP contribution is 2.31. The Hall–Kier alpha value is -2.12. The summed E-state index contributed by atoms with van der Waals surface area (Å²) in [4.78, 5) is 11.1. The van der Waals surface area contributed by atoms with Gasteiger partial charge in [0.15, 0.2) is 5.76 Å². The molecule has 0 saturated carbocycles. The van der Waals surface area contributed by atoms with E-state index in [1.807, 2.05) is 6.07 Å². The highest BCUT2D eigenvalue weighted by atomic mass is 35.5. The highest BCUT2D eigenvalue weighted by molar-refractivity contribution is 7.19. The minimum atomic E-state index is -0.432. The number of nitro groups is 1. The third-order valence-corrected chi connectivity index (χ3v) is 3.91. The van der Waals surface area contributed by atoms with E-state index in [1.165, 1.54) is 23.6 Å². The molecule has 0 amide bonds. The SMILES string of the molecule is O=[N+]([O-])c1ccn(Cc2cc(-c3ccc(Cl)s3)on2)c1. The van der Waals surface area contributed by atoms with Crippen LogP contribution in [0.1, 0.15) is 5.69 Å². The highest BCUT2D eigenvalue weighted by Gasteiger charge is 2.11. The van der Waals surface area contributed by atoms with Crippen molar-refractivity contribution in [1.82, 2.24) is 9.72 Å². The van der Waals surface area contributed by atoms with Crippen LogP contribution in [-0.2, 0) is 6.54 Å². The number of nitrogens with zero attached hydrogens (tertiary/aromatic N) is 3. The first kappa shape index (κ1) is 12.9. The molecule has 3 rings (SSSR count). The zero-order valence-electron chi connectivity index (χ0n) is 10.0. The molecule has 102 valence electrons. The van der Waals surface area contributed by atoms with Crippen molar-refractivity contribution in [2.24, 2.45) is 0 Å². The summed E-state index contributed by atoms with van der Waals surface area (Å²) in [5.41, 5.74) is 0.744. The zero-order chi connectivity index (χ0) is 14.1. The predicted molar refractivity (Wildman–Crippen MR) is 75.0 cm³/mol. The van der Waals surface area contributed by atoms with Gasteiger partial charge in [-0.15, -0.1) is 11.3 Å². The van der Waals surface area contributed by atoms with E-state index in [0.717, 1.165) is 4.88 Å². The summed E-state index contributed by atoms with van der Waals surface area (Å²) in [6.45, 7) is 0.413. The summed E-state index contributed by atoms with van der Waals surface area (Å²) >= 11 is 7.27. The lowest BCUT2D eigenvalue weighted by atomic mass is 10.3. The fraction of sp³-hybridized carbons (Fsp3) is 0.0833. The lowest BCUT2D eigenvalue weighted by Gasteiger charge is -1.95. The van der Waals surface area contributed by atoms with Gasteiger partial charge in [-0.3, -0.25) is 10.1 Å². The first-order chi connectivity index (χ1) is 9.61. The molecule has 0 saturated heterocycles. The molecule has 0 atom stereocenters. The maximum Gasteiger partial charge on any atom is 0.286 e. The summed E-state index contributed by atoms with van der Waals surface area (Å²) in [7, 11) is 0. The second kappa shape index (κ2) is 5.10. The molecule has 0 radical (unpaired) electrons. The van der Waals surface area contributed by atoms with E-state index in [0.29, 0.717) is 22.3 Å². The summed E-state index contributed by atoms with van der Waals surface area (Å²) in [5.74, 6) is 0.638. The zero-order valence-corrected chi connectivity index (χ0v) is 11.6. The molecule has 0 fully saturated rings. The maximum atomic E-state index is 10.6. The number of hydrogen-bond donors (Lipinski definition) is 0. The molecule has 0 N–H and O–H groups in total. The minimum Gasteiger partial charge on any atom is -0.355 e. The first-order valence-electron chi connectivity index (χ1n) is 5.63. The van der Waals surface area contributed by atoms with Crippen molar-refractivity contribution in [1.29, 1.82) is 0 Å². The molecule has 0 aliphatic carbocycles. The third kappa shape index (κ3) is 2.59. The lowest BCUT2D eigenvalue weighted by molar-refractivity contribution is -0.384. The van der Waals surface area contributed by atoms with Crippen molar-refractivity contribution in [3.8, 4) is 10.6 Å². The molecule has 0 bridgehead atoms. The molecule has 8 heteroatoms. The van der Waals surface area contributed by atoms with Crippen LogP contribution in [0.4, 0.5) is 5.69 Å². The van der Waals surface area contributed by atoms with Crippen LogP contribution >= 0.6 is 22.9 Å². The molecule has 0 unspecified atom stereocenters. The van der Waals surface area contributed by atoms with E-state index in [9.17, 15) is 10.1 Å². The largest absolute Gasteiger partial charge is 0.355 e. The topological polar surface area (TPSA) is 74.1 Å². The lowest BCUT2D eigenvalue weighted by Crippen LogP contribution is -1.96. The van der Waals surface area contributed by atoms with E-state index in [1.54, 1.807) is 22.9 Å². The second-order valence-corrected chi connectivity index (χ2v) is 5.80. The van der Waals surface area contributed by atoms with Gasteiger partial charge in [0.1, 0.15) is 5.69 Å². The average Bonchev–Trinajstić information content (AvgIpc) is 3.09. The Bertz CT molecular complexity index is 761. The Labute approximate surface area is 122 Å². The molecule has 3 aromatic heterocycles. The fourth-order valence-corrected chi connectivity index (χ4v) is 2.76. The quantitative estimate of drug-likeness (QED) is 0.542. The summed E-state index contributed by atoms with van der Waals surface area (Å²) in [6, 6.07) is 6.89. The summed E-state index contributed by atoms with van der Waals surface area (Å²) in [5, 5.41) is 14.6.